The lowest BCUT2D eigenvalue weighted by atomic mass is 9.96. The van der Waals surface area contributed by atoms with E-state index in [4.69, 9.17) is 23.2 Å². The van der Waals surface area contributed by atoms with Crippen molar-refractivity contribution in [1.82, 2.24) is 14.9 Å². The third-order valence-electron chi connectivity index (χ3n) is 3.48. The summed E-state index contributed by atoms with van der Waals surface area (Å²) in [6.07, 6.45) is 1.64. The van der Waals surface area contributed by atoms with E-state index in [1.807, 2.05) is 0 Å². The summed E-state index contributed by atoms with van der Waals surface area (Å²) in [6, 6.07) is 0. The largest absolute Gasteiger partial charge is 0.369 e. The minimum absolute atomic E-state index is 0.121. The first-order valence-corrected chi connectivity index (χ1v) is 6.23. The summed E-state index contributed by atoms with van der Waals surface area (Å²) in [5.41, 5.74) is 7.76. The Balaban J connectivity index is 2.22. The van der Waals surface area contributed by atoms with Crippen LogP contribution in [0.2, 0.25) is 0 Å². The first kappa shape index (κ1) is 12.6. The molecule has 2 heterocycles. The van der Waals surface area contributed by atoms with E-state index in [0.717, 1.165) is 17.0 Å². The molecular weight excluding hydrogens is 248 g/mol. The highest BCUT2D eigenvalue weighted by Crippen LogP contribution is 2.34. The monoisotopic (exact) mass is 264 g/mol. The molecule has 0 fully saturated rings. The number of rotatable bonds is 2. The van der Waals surface area contributed by atoms with Crippen LogP contribution in [0, 0.1) is 22.1 Å². The first-order chi connectivity index (χ1) is 8.54. The Morgan fingerprint density at radius 2 is 2.44 bits per heavy atom. The summed E-state index contributed by atoms with van der Waals surface area (Å²) in [5.74, 6) is 1.17. The second-order valence-electron chi connectivity index (χ2n) is 4.62. The molecular formula is C11H16N6S. The molecule has 0 amide bonds. The molecule has 0 saturated heterocycles. The molecule has 0 spiro atoms. The summed E-state index contributed by atoms with van der Waals surface area (Å²) in [7, 11) is 0. The Bertz CT molecular complexity index is 575. The van der Waals surface area contributed by atoms with Crippen LogP contribution in [0.1, 0.15) is 31.2 Å². The van der Waals surface area contributed by atoms with Gasteiger partial charge in [0.2, 0.25) is 12.2 Å². The lowest BCUT2D eigenvalue weighted by Crippen LogP contribution is -2.31. The average molecular weight is 264 g/mol. The summed E-state index contributed by atoms with van der Waals surface area (Å²) in [6.45, 7) is 5.87. The van der Waals surface area contributed by atoms with Crippen LogP contribution in [0.5, 0.6) is 0 Å². The van der Waals surface area contributed by atoms with Gasteiger partial charge in [0.25, 0.3) is 0 Å². The van der Waals surface area contributed by atoms with Crippen LogP contribution in [-0.4, -0.2) is 15.5 Å². The predicted octanol–water partition coefficient (Wildman–Crippen LogP) is 1.18. The van der Waals surface area contributed by atoms with Gasteiger partial charge in [0, 0.05) is 18.2 Å². The van der Waals surface area contributed by atoms with E-state index in [1.165, 1.54) is 5.69 Å². The molecule has 0 aromatic carbocycles. The zero-order chi connectivity index (χ0) is 13.3. The standard InChI is InChI=1S/C11H16N6S/c1-6-4-17-9(7(6)2)8(16-11(17)18)3-14-10(13)15-5-12/h6-7H,3-4H2,1-2H3,(H,16,18)(H3,13,14,15). The van der Waals surface area contributed by atoms with Crippen molar-refractivity contribution in [1.29, 1.82) is 5.26 Å². The summed E-state index contributed by atoms with van der Waals surface area (Å²) in [5, 5.41) is 11.3. The number of fused-ring (bicyclic) bond motifs is 1. The molecule has 1 aliphatic rings. The second-order valence-corrected chi connectivity index (χ2v) is 5.01. The van der Waals surface area contributed by atoms with Gasteiger partial charge < -0.3 is 20.6 Å². The molecule has 1 aliphatic heterocycles. The number of aliphatic imine (C=N–C) groups is 1. The highest BCUT2D eigenvalue weighted by atomic mass is 32.1. The maximum absolute atomic E-state index is 8.38. The van der Waals surface area contributed by atoms with Gasteiger partial charge in [-0.1, -0.05) is 13.8 Å². The van der Waals surface area contributed by atoms with Crippen LogP contribution in [0.15, 0.2) is 4.99 Å². The van der Waals surface area contributed by atoms with Crippen molar-refractivity contribution in [3.8, 4) is 6.19 Å². The second kappa shape index (κ2) is 4.82. The van der Waals surface area contributed by atoms with Gasteiger partial charge in [0.1, 0.15) is 0 Å². The number of guanidine groups is 1. The molecule has 7 heteroatoms. The van der Waals surface area contributed by atoms with Crippen LogP contribution in [0.3, 0.4) is 0 Å². The van der Waals surface area contributed by atoms with Crippen molar-refractivity contribution in [2.75, 3.05) is 0 Å². The lowest BCUT2D eigenvalue weighted by molar-refractivity contribution is 0.495. The predicted molar refractivity (Wildman–Crippen MR) is 71.3 cm³/mol. The number of hydrogen-bond acceptors (Lipinski definition) is 3. The van der Waals surface area contributed by atoms with E-state index in [2.05, 4.69) is 33.7 Å². The Kier molecular flexibility index (Phi) is 3.39. The van der Waals surface area contributed by atoms with E-state index in [9.17, 15) is 0 Å². The van der Waals surface area contributed by atoms with Crippen molar-refractivity contribution in [2.45, 2.75) is 32.9 Å². The van der Waals surface area contributed by atoms with Crippen molar-refractivity contribution < 1.29 is 0 Å². The van der Waals surface area contributed by atoms with Crippen LogP contribution in [0.4, 0.5) is 0 Å². The zero-order valence-corrected chi connectivity index (χ0v) is 11.2. The quantitative estimate of drug-likeness (QED) is 0.323. The number of nitrogens with one attached hydrogen (secondary N) is 2. The van der Waals surface area contributed by atoms with Crippen LogP contribution >= 0.6 is 12.2 Å². The van der Waals surface area contributed by atoms with Gasteiger partial charge >= 0.3 is 0 Å². The zero-order valence-electron chi connectivity index (χ0n) is 10.4. The number of hydrogen-bond donors (Lipinski definition) is 3. The maximum Gasteiger partial charge on any atom is 0.209 e. The smallest absolute Gasteiger partial charge is 0.209 e. The molecule has 2 rings (SSSR count). The summed E-state index contributed by atoms with van der Waals surface area (Å²) >= 11 is 5.30. The van der Waals surface area contributed by atoms with Crippen molar-refractivity contribution in [3.05, 3.63) is 16.2 Å². The van der Waals surface area contributed by atoms with E-state index in [0.29, 0.717) is 18.4 Å². The third-order valence-corrected chi connectivity index (χ3v) is 3.80. The van der Waals surface area contributed by atoms with Crippen LogP contribution in [-0.2, 0) is 13.1 Å². The minimum atomic E-state index is 0.121. The number of nitrogens with two attached hydrogens (primary N) is 1. The van der Waals surface area contributed by atoms with Crippen molar-refractivity contribution in [3.63, 3.8) is 0 Å². The molecule has 1 aromatic rings. The third kappa shape index (κ3) is 2.11. The Morgan fingerprint density at radius 1 is 1.72 bits per heavy atom. The highest BCUT2D eigenvalue weighted by molar-refractivity contribution is 7.71. The van der Waals surface area contributed by atoms with Crippen molar-refractivity contribution in [2.24, 2.45) is 16.6 Å². The molecule has 2 atom stereocenters. The Hall–Kier alpha value is -1.81. The van der Waals surface area contributed by atoms with Crippen LogP contribution < -0.4 is 11.1 Å². The van der Waals surface area contributed by atoms with E-state index in [-0.39, 0.29) is 5.96 Å². The number of nitriles is 1. The molecule has 18 heavy (non-hydrogen) atoms. The normalized spacial score (nSPS) is 22.6. The SMILES string of the molecule is CC1Cn2c(c(CN/C(N)=N/C#N)[nH]c2=S)C1C. The topological polar surface area (TPSA) is 94.9 Å². The number of nitrogens with zero attached hydrogens (tertiary/aromatic N) is 3. The van der Waals surface area contributed by atoms with Gasteiger partial charge in [-0.15, -0.1) is 4.99 Å². The molecule has 96 valence electrons. The van der Waals surface area contributed by atoms with Gasteiger partial charge in [-0.25, -0.2) is 0 Å². The average Bonchev–Trinajstić information content (AvgIpc) is 2.78. The Morgan fingerprint density at radius 3 is 3.11 bits per heavy atom. The van der Waals surface area contributed by atoms with E-state index < -0.39 is 0 Å². The highest BCUT2D eigenvalue weighted by Gasteiger charge is 2.29. The van der Waals surface area contributed by atoms with Gasteiger partial charge in [-0.2, -0.15) is 5.26 Å². The molecule has 0 aliphatic carbocycles. The number of imidazole rings is 1. The van der Waals surface area contributed by atoms with E-state index in [1.54, 1.807) is 6.19 Å². The Labute approximate surface area is 111 Å². The van der Waals surface area contributed by atoms with Gasteiger partial charge in [0.05, 0.1) is 12.2 Å². The molecule has 4 N–H and O–H groups in total. The van der Waals surface area contributed by atoms with Crippen LogP contribution in [0.25, 0.3) is 0 Å². The minimum Gasteiger partial charge on any atom is -0.369 e. The fraction of sp³-hybridized carbons (Fsp3) is 0.545. The van der Waals surface area contributed by atoms with Crippen molar-refractivity contribution >= 4 is 18.2 Å². The summed E-state index contributed by atoms with van der Waals surface area (Å²) < 4.78 is 2.88. The molecule has 6 nitrogen and oxygen atoms in total. The molecule has 0 saturated carbocycles. The summed E-state index contributed by atoms with van der Waals surface area (Å²) in [4.78, 5) is 6.60. The first-order valence-electron chi connectivity index (χ1n) is 5.82. The lowest BCUT2D eigenvalue weighted by Gasteiger charge is -2.10. The van der Waals surface area contributed by atoms with Gasteiger partial charge in [-0.05, 0) is 18.1 Å². The van der Waals surface area contributed by atoms with Gasteiger partial charge in [0.15, 0.2) is 4.77 Å². The molecule has 1 aromatic heterocycles. The number of H-pyrrole nitrogens is 1. The fourth-order valence-electron chi connectivity index (χ4n) is 2.36. The number of aromatic amines is 1. The molecule has 0 radical (unpaired) electrons. The molecule has 0 bridgehead atoms. The maximum atomic E-state index is 8.38. The van der Waals surface area contributed by atoms with E-state index >= 15 is 0 Å². The number of aromatic nitrogens is 2. The molecule has 2 unspecified atom stereocenters. The van der Waals surface area contributed by atoms with Gasteiger partial charge in [-0.3, -0.25) is 0 Å². The fourth-order valence-corrected chi connectivity index (χ4v) is 2.65.